The third kappa shape index (κ3) is 3.46. The van der Waals surface area contributed by atoms with Crippen molar-refractivity contribution in [2.24, 2.45) is 0 Å². The molecule has 0 saturated heterocycles. The van der Waals surface area contributed by atoms with Gasteiger partial charge in [-0.1, -0.05) is 22.0 Å². The summed E-state index contributed by atoms with van der Waals surface area (Å²) >= 11 is 3.40. The van der Waals surface area contributed by atoms with Crippen LogP contribution < -0.4 is 5.32 Å². The Bertz CT molecular complexity index is 622. The van der Waals surface area contributed by atoms with Crippen molar-refractivity contribution in [3.05, 3.63) is 46.7 Å². The number of halogens is 1. The smallest absolute Gasteiger partial charge is 0.254 e. The summed E-state index contributed by atoms with van der Waals surface area (Å²) in [4.78, 5) is 12.0. The maximum absolute atomic E-state index is 12.0. The SMILES string of the molecule is CC(C)(CO)NC(=O)c1cnn(-c2cccc(Br)c2)c1. The summed E-state index contributed by atoms with van der Waals surface area (Å²) in [6.45, 7) is 3.38. The molecule has 106 valence electrons. The average Bonchev–Trinajstić information content (AvgIpc) is 2.88. The van der Waals surface area contributed by atoms with E-state index in [0.717, 1.165) is 10.2 Å². The molecule has 2 N–H and O–H groups in total. The molecular formula is C14H16BrN3O2. The second kappa shape index (κ2) is 5.76. The molecule has 0 aliphatic heterocycles. The molecule has 20 heavy (non-hydrogen) atoms. The van der Waals surface area contributed by atoms with E-state index in [-0.39, 0.29) is 12.5 Å². The molecule has 0 radical (unpaired) electrons. The number of rotatable bonds is 4. The molecule has 1 aromatic carbocycles. The van der Waals surface area contributed by atoms with E-state index >= 15 is 0 Å². The Balaban J connectivity index is 2.19. The van der Waals surface area contributed by atoms with Gasteiger partial charge < -0.3 is 10.4 Å². The Morgan fingerprint density at radius 1 is 1.50 bits per heavy atom. The number of aromatic nitrogens is 2. The Kier molecular flexibility index (Phi) is 4.25. The number of hydrogen-bond donors (Lipinski definition) is 2. The van der Waals surface area contributed by atoms with Gasteiger partial charge in [0.05, 0.1) is 29.6 Å². The highest BCUT2D eigenvalue weighted by Gasteiger charge is 2.20. The van der Waals surface area contributed by atoms with Gasteiger partial charge in [0.2, 0.25) is 0 Å². The summed E-state index contributed by atoms with van der Waals surface area (Å²) in [6, 6.07) is 7.63. The van der Waals surface area contributed by atoms with Gasteiger partial charge in [0.1, 0.15) is 0 Å². The van der Waals surface area contributed by atoms with Crippen molar-refractivity contribution < 1.29 is 9.90 Å². The van der Waals surface area contributed by atoms with Crippen LogP contribution in [0.1, 0.15) is 24.2 Å². The van der Waals surface area contributed by atoms with Crippen LogP contribution in [0.15, 0.2) is 41.1 Å². The van der Waals surface area contributed by atoms with Crippen molar-refractivity contribution >= 4 is 21.8 Å². The summed E-state index contributed by atoms with van der Waals surface area (Å²) in [5.41, 5.74) is 0.654. The fourth-order valence-electron chi connectivity index (χ4n) is 1.62. The summed E-state index contributed by atoms with van der Waals surface area (Å²) in [5.74, 6) is -0.259. The molecule has 5 nitrogen and oxygen atoms in total. The number of hydrogen-bond acceptors (Lipinski definition) is 3. The van der Waals surface area contributed by atoms with Crippen LogP contribution >= 0.6 is 15.9 Å². The van der Waals surface area contributed by atoms with Crippen LogP contribution in [0.5, 0.6) is 0 Å². The molecule has 0 aliphatic carbocycles. The number of nitrogens with one attached hydrogen (secondary N) is 1. The maximum Gasteiger partial charge on any atom is 0.254 e. The van der Waals surface area contributed by atoms with Crippen LogP contribution in [0.3, 0.4) is 0 Å². The Labute approximate surface area is 125 Å². The minimum Gasteiger partial charge on any atom is -0.394 e. The van der Waals surface area contributed by atoms with Gasteiger partial charge in [0.15, 0.2) is 0 Å². The van der Waals surface area contributed by atoms with E-state index in [1.807, 2.05) is 24.3 Å². The predicted octanol–water partition coefficient (Wildman–Crippen LogP) is 2.14. The average molecular weight is 338 g/mol. The zero-order valence-corrected chi connectivity index (χ0v) is 12.9. The number of benzene rings is 1. The standard InChI is InChI=1S/C14H16BrN3O2/c1-14(2,9-19)17-13(20)10-7-16-18(8-10)12-5-3-4-11(15)6-12/h3-8,19H,9H2,1-2H3,(H,17,20). The lowest BCUT2D eigenvalue weighted by Crippen LogP contribution is -2.46. The first-order valence-electron chi connectivity index (χ1n) is 6.15. The predicted molar refractivity (Wildman–Crippen MR) is 79.9 cm³/mol. The molecule has 2 aromatic rings. The Morgan fingerprint density at radius 3 is 2.90 bits per heavy atom. The summed E-state index contributed by atoms with van der Waals surface area (Å²) in [7, 11) is 0. The number of aliphatic hydroxyl groups is 1. The van der Waals surface area contributed by atoms with E-state index < -0.39 is 5.54 Å². The fourth-order valence-corrected chi connectivity index (χ4v) is 2.01. The van der Waals surface area contributed by atoms with Gasteiger partial charge in [-0.25, -0.2) is 4.68 Å². The summed E-state index contributed by atoms with van der Waals surface area (Å²) in [5, 5.41) is 16.1. The van der Waals surface area contributed by atoms with Crippen molar-refractivity contribution in [2.45, 2.75) is 19.4 Å². The van der Waals surface area contributed by atoms with Crippen LogP contribution in [-0.4, -0.2) is 32.9 Å². The monoisotopic (exact) mass is 337 g/mol. The minimum absolute atomic E-state index is 0.126. The zero-order valence-electron chi connectivity index (χ0n) is 11.3. The molecule has 1 amide bonds. The highest BCUT2D eigenvalue weighted by molar-refractivity contribution is 9.10. The molecule has 1 aromatic heterocycles. The normalized spacial score (nSPS) is 11.4. The molecule has 0 spiro atoms. The van der Waals surface area contributed by atoms with Crippen LogP contribution in [-0.2, 0) is 0 Å². The molecular weight excluding hydrogens is 322 g/mol. The third-order valence-electron chi connectivity index (χ3n) is 2.76. The van der Waals surface area contributed by atoms with Gasteiger partial charge in [-0.2, -0.15) is 5.10 Å². The zero-order chi connectivity index (χ0) is 14.8. The topological polar surface area (TPSA) is 67.2 Å². The number of carbonyl (C=O) groups excluding carboxylic acids is 1. The molecule has 1 heterocycles. The van der Waals surface area contributed by atoms with Gasteiger partial charge in [0.25, 0.3) is 5.91 Å². The highest BCUT2D eigenvalue weighted by atomic mass is 79.9. The van der Waals surface area contributed by atoms with Crippen molar-refractivity contribution in [3.8, 4) is 5.69 Å². The van der Waals surface area contributed by atoms with Crippen LogP contribution in [0.4, 0.5) is 0 Å². The molecule has 2 rings (SSSR count). The van der Waals surface area contributed by atoms with E-state index in [2.05, 4.69) is 26.3 Å². The Morgan fingerprint density at radius 2 is 2.25 bits per heavy atom. The first-order valence-corrected chi connectivity index (χ1v) is 6.94. The highest BCUT2D eigenvalue weighted by Crippen LogP contribution is 2.15. The van der Waals surface area contributed by atoms with E-state index in [1.54, 1.807) is 24.7 Å². The van der Waals surface area contributed by atoms with Gasteiger partial charge in [-0.05, 0) is 32.0 Å². The minimum atomic E-state index is -0.658. The first-order chi connectivity index (χ1) is 9.41. The summed E-state index contributed by atoms with van der Waals surface area (Å²) < 4.78 is 2.57. The van der Waals surface area contributed by atoms with E-state index in [1.165, 1.54) is 6.20 Å². The van der Waals surface area contributed by atoms with Gasteiger partial charge in [-0.3, -0.25) is 4.79 Å². The maximum atomic E-state index is 12.0. The lowest BCUT2D eigenvalue weighted by Gasteiger charge is -2.22. The van der Waals surface area contributed by atoms with Gasteiger partial charge >= 0.3 is 0 Å². The number of aliphatic hydroxyl groups excluding tert-OH is 1. The molecule has 6 heteroatoms. The lowest BCUT2D eigenvalue weighted by molar-refractivity contribution is 0.0869. The molecule has 0 unspecified atom stereocenters. The van der Waals surface area contributed by atoms with Crippen LogP contribution in [0, 0.1) is 0 Å². The van der Waals surface area contributed by atoms with Crippen molar-refractivity contribution in [3.63, 3.8) is 0 Å². The van der Waals surface area contributed by atoms with E-state index in [0.29, 0.717) is 5.56 Å². The largest absolute Gasteiger partial charge is 0.394 e. The Hall–Kier alpha value is -1.66. The van der Waals surface area contributed by atoms with E-state index in [9.17, 15) is 4.79 Å². The number of nitrogens with zero attached hydrogens (tertiary/aromatic N) is 2. The first kappa shape index (κ1) is 14.7. The molecule has 0 aliphatic rings. The van der Waals surface area contributed by atoms with Gasteiger partial charge in [0, 0.05) is 10.7 Å². The number of amides is 1. The molecule has 0 fully saturated rings. The van der Waals surface area contributed by atoms with Crippen LogP contribution in [0.25, 0.3) is 5.69 Å². The molecule has 0 bridgehead atoms. The number of carbonyl (C=O) groups is 1. The van der Waals surface area contributed by atoms with Crippen molar-refractivity contribution in [1.29, 1.82) is 0 Å². The fraction of sp³-hybridized carbons (Fsp3) is 0.286. The van der Waals surface area contributed by atoms with Crippen LogP contribution in [0.2, 0.25) is 0 Å². The summed E-state index contributed by atoms with van der Waals surface area (Å²) in [6.07, 6.45) is 3.16. The van der Waals surface area contributed by atoms with E-state index in [4.69, 9.17) is 5.11 Å². The van der Waals surface area contributed by atoms with Crippen molar-refractivity contribution in [1.82, 2.24) is 15.1 Å². The second-order valence-electron chi connectivity index (χ2n) is 5.15. The second-order valence-corrected chi connectivity index (χ2v) is 6.07. The molecule has 0 saturated carbocycles. The van der Waals surface area contributed by atoms with Gasteiger partial charge in [-0.15, -0.1) is 0 Å². The quantitative estimate of drug-likeness (QED) is 0.898. The van der Waals surface area contributed by atoms with Crippen molar-refractivity contribution in [2.75, 3.05) is 6.61 Å². The lowest BCUT2D eigenvalue weighted by atomic mass is 10.1. The molecule has 0 atom stereocenters. The third-order valence-corrected chi connectivity index (χ3v) is 3.26.